The number of benzene rings is 2. The second kappa shape index (κ2) is 4.96. The lowest BCUT2D eigenvalue weighted by Gasteiger charge is -2.09. The van der Waals surface area contributed by atoms with Crippen molar-refractivity contribution >= 4 is 21.4 Å². The van der Waals surface area contributed by atoms with Crippen LogP contribution in [0.15, 0.2) is 42.5 Å². The summed E-state index contributed by atoms with van der Waals surface area (Å²) in [4.78, 5) is 0.719. The van der Waals surface area contributed by atoms with E-state index in [2.05, 4.69) is 0 Å². The Labute approximate surface area is 119 Å². The lowest BCUT2D eigenvalue weighted by molar-refractivity contribution is 0.224. The maximum absolute atomic E-state index is 13.3. The molecule has 0 aliphatic heterocycles. The quantitative estimate of drug-likeness (QED) is 0.733. The Balaban J connectivity index is 2.02. The van der Waals surface area contributed by atoms with Crippen LogP contribution in [0.25, 0.3) is 10.1 Å². The van der Waals surface area contributed by atoms with Gasteiger partial charge in [0.25, 0.3) is 0 Å². The molecule has 1 nitrogen and oxygen atoms in total. The predicted molar refractivity (Wildman–Crippen MR) is 77.0 cm³/mol. The Kier molecular flexibility index (Phi) is 3.28. The van der Waals surface area contributed by atoms with Crippen LogP contribution in [-0.2, 0) is 0 Å². The Morgan fingerprint density at radius 1 is 1.05 bits per heavy atom. The van der Waals surface area contributed by atoms with Gasteiger partial charge in [0.15, 0.2) is 0 Å². The summed E-state index contributed by atoms with van der Waals surface area (Å²) >= 11 is 1.34. The number of fused-ring (bicyclic) bond motifs is 1. The summed E-state index contributed by atoms with van der Waals surface area (Å²) in [7, 11) is 0. The summed E-state index contributed by atoms with van der Waals surface area (Å²) in [6.07, 6.45) is -0.824. The summed E-state index contributed by atoms with van der Waals surface area (Å²) in [5.41, 5.74) is 1.13. The molecule has 20 heavy (non-hydrogen) atoms. The lowest BCUT2D eigenvalue weighted by Crippen LogP contribution is -1.98. The summed E-state index contributed by atoms with van der Waals surface area (Å²) in [6, 6.07) is 10.9. The highest BCUT2D eigenvalue weighted by molar-refractivity contribution is 7.19. The molecule has 3 rings (SSSR count). The van der Waals surface area contributed by atoms with Crippen molar-refractivity contribution in [3.05, 3.63) is 70.1 Å². The summed E-state index contributed by atoms with van der Waals surface area (Å²) in [6.45, 7) is 1.66. The third-order valence-electron chi connectivity index (χ3n) is 3.27. The van der Waals surface area contributed by atoms with Crippen LogP contribution >= 0.6 is 11.3 Å². The van der Waals surface area contributed by atoms with E-state index in [0.29, 0.717) is 11.1 Å². The standard InChI is InChI=1S/C16H12F2OS/c1-9-6-11(3-5-13(9)18)16(19)15-7-10-2-4-12(17)8-14(10)20-15/h2-8,16,19H,1H3. The van der Waals surface area contributed by atoms with Gasteiger partial charge in [-0.05, 0) is 47.7 Å². The van der Waals surface area contributed by atoms with Gasteiger partial charge in [-0.2, -0.15) is 0 Å². The number of hydrogen-bond donors (Lipinski definition) is 1. The number of aliphatic hydroxyl groups excluding tert-OH is 1. The molecule has 0 saturated carbocycles. The molecule has 0 radical (unpaired) electrons. The highest BCUT2D eigenvalue weighted by atomic mass is 32.1. The molecule has 1 unspecified atom stereocenters. The number of rotatable bonds is 2. The van der Waals surface area contributed by atoms with E-state index in [4.69, 9.17) is 0 Å². The maximum Gasteiger partial charge on any atom is 0.126 e. The zero-order valence-corrected chi connectivity index (χ0v) is 11.5. The Hall–Kier alpha value is -1.78. The molecule has 0 amide bonds. The molecule has 1 atom stereocenters. The average molecular weight is 290 g/mol. The van der Waals surface area contributed by atoms with Crippen LogP contribution < -0.4 is 0 Å². The maximum atomic E-state index is 13.3. The normalized spacial score (nSPS) is 12.8. The van der Waals surface area contributed by atoms with Gasteiger partial charge >= 0.3 is 0 Å². The van der Waals surface area contributed by atoms with Gasteiger partial charge in [0.05, 0.1) is 0 Å². The second-order valence-corrected chi connectivity index (χ2v) is 5.86. The number of aliphatic hydroxyl groups is 1. The van der Waals surface area contributed by atoms with E-state index in [0.717, 1.165) is 15.0 Å². The minimum atomic E-state index is -0.824. The summed E-state index contributed by atoms with van der Waals surface area (Å²) < 4.78 is 27.2. The van der Waals surface area contributed by atoms with Crippen LogP contribution in [-0.4, -0.2) is 5.11 Å². The summed E-state index contributed by atoms with van der Waals surface area (Å²) in [5.74, 6) is -0.586. The molecule has 0 fully saturated rings. The van der Waals surface area contributed by atoms with Gasteiger partial charge in [-0.3, -0.25) is 0 Å². The van der Waals surface area contributed by atoms with E-state index in [9.17, 15) is 13.9 Å². The van der Waals surface area contributed by atoms with E-state index in [1.54, 1.807) is 25.1 Å². The van der Waals surface area contributed by atoms with Crippen molar-refractivity contribution in [1.82, 2.24) is 0 Å². The highest BCUT2D eigenvalue weighted by Gasteiger charge is 2.15. The SMILES string of the molecule is Cc1cc(C(O)c2cc3ccc(F)cc3s2)ccc1F. The van der Waals surface area contributed by atoms with Gasteiger partial charge in [-0.25, -0.2) is 8.78 Å². The van der Waals surface area contributed by atoms with E-state index in [-0.39, 0.29) is 11.6 Å². The minimum absolute atomic E-state index is 0.292. The Morgan fingerprint density at radius 3 is 2.60 bits per heavy atom. The zero-order chi connectivity index (χ0) is 14.3. The molecule has 2 aromatic carbocycles. The fourth-order valence-electron chi connectivity index (χ4n) is 2.16. The Bertz CT molecular complexity index is 779. The molecule has 0 bridgehead atoms. The van der Waals surface area contributed by atoms with Crippen molar-refractivity contribution in [3.8, 4) is 0 Å². The smallest absolute Gasteiger partial charge is 0.126 e. The zero-order valence-electron chi connectivity index (χ0n) is 10.7. The van der Waals surface area contributed by atoms with E-state index in [1.807, 2.05) is 6.07 Å². The van der Waals surface area contributed by atoms with E-state index < -0.39 is 6.10 Å². The Morgan fingerprint density at radius 2 is 1.85 bits per heavy atom. The van der Waals surface area contributed by atoms with E-state index in [1.165, 1.54) is 29.5 Å². The van der Waals surface area contributed by atoms with Gasteiger partial charge in [0.2, 0.25) is 0 Å². The molecule has 0 aliphatic carbocycles. The van der Waals surface area contributed by atoms with Crippen LogP contribution in [0.1, 0.15) is 22.1 Å². The van der Waals surface area contributed by atoms with Crippen molar-refractivity contribution in [3.63, 3.8) is 0 Å². The van der Waals surface area contributed by atoms with Crippen LogP contribution in [0.3, 0.4) is 0 Å². The number of aryl methyl sites for hydroxylation is 1. The van der Waals surface area contributed by atoms with Crippen molar-refractivity contribution in [1.29, 1.82) is 0 Å². The first-order valence-corrected chi connectivity index (χ1v) is 6.99. The molecule has 1 heterocycles. The van der Waals surface area contributed by atoms with Crippen LogP contribution in [0.4, 0.5) is 8.78 Å². The van der Waals surface area contributed by atoms with Crippen LogP contribution in [0, 0.1) is 18.6 Å². The molecule has 0 saturated heterocycles. The van der Waals surface area contributed by atoms with Crippen molar-refractivity contribution in [2.75, 3.05) is 0 Å². The van der Waals surface area contributed by atoms with Gasteiger partial charge in [-0.1, -0.05) is 18.2 Å². The average Bonchev–Trinajstić information content (AvgIpc) is 2.84. The number of thiophene rings is 1. The first kappa shape index (κ1) is 13.2. The molecule has 0 spiro atoms. The molecule has 1 N–H and O–H groups in total. The molecular weight excluding hydrogens is 278 g/mol. The van der Waals surface area contributed by atoms with Crippen molar-refractivity contribution < 1.29 is 13.9 Å². The molecular formula is C16H12F2OS. The predicted octanol–water partition coefficient (Wildman–Crippen LogP) is 4.57. The molecule has 102 valence electrons. The number of halogens is 2. The van der Waals surface area contributed by atoms with Gasteiger partial charge in [0, 0.05) is 9.58 Å². The molecule has 0 aliphatic rings. The number of hydrogen-bond acceptors (Lipinski definition) is 2. The first-order valence-electron chi connectivity index (χ1n) is 6.18. The molecule has 3 aromatic rings. The third-order valence-corrected chi connectivity index (χ3v) is 4.42. The lowest BCUT2D eigenvalue weighted by atomic mass is 10.0. The largest absolute Gasteiger partial charge is 0.383 e. The van der Waals surface area contributed by atoms with E-state index >= 15 is 0 Å². The molecule has 1 aromatic heterocycles. The van der Waals surface area contributed by atoms with Crippen LogP contribution in [0.5, 0.6) is 0 Å². The minimum Gasteiger partial charge on any atom is -0.383 e. The first-order chi connectivity index (χ1) is 9.54. The third kappa shape index (κ3) is 2.32. The van der Waals surface area contributed by atoms with Gasteiger partial charge < -0.3 is 5.11 Å². The topological polar surface area (TPSA) is 20.2 Å². The van der Waals surface area contributed by atoms with Gasteiger partial charge in [-0.15, -0.1) is 11.3 Å². The summed E-state index contributed by atoms with van der Waals surface area (Å²) in [5, 5.41) is 11.3. The van der Waals surface area contributed by atoms with Crippen molar-refractivity contribution in [2.24, 2.45) is 0 Å². The van der Waals surface area contributed by atoms with Gasteiger partial charge in [0.1, 0.15) is 17.7 Å². The fourth-order valence-corrected chi connectivity index (χ4v) is 3.27. The monoisotopic (exact) mass is 290 g/mol. The fraction of sp³-hybridized carbons (Fsp3) is 0.125. The highest BCUT2D eigenvalue weighted by Crippen LogP contribution is 2.33. The van der Waals surface area contributed by atoms with Crippen LogP contribution in [0.2, 0.25) is 0 Å². The van der Waals surface area contributed by atoms with Crippen molar-refractivity contribution in [2.45, 2.75) is 13.0 Å². The second-order valence-electron chi connectivity index (χ2n) is 4.74. The molecule has 4 heteroatoms.